The lowest BCUT2D eigenvalue weighted by Crippen LogP contribution is -2.44. The van der Waals surface area contributed by atoms with E-state index < -0.39 is 0 Å². The number of aliphatic hydroxyl groups is 1. The lowest BCUT2D eigenvalue weighted by Gasteiger charge is -2.43. The molecule has 15 heavy (non-hydrogen) atoms. The van der Waals surface area contributed by atoms with Crippen LogP contribution >= 0.6 is 0 Å². The summed E-state index contributed by atoms with van der Waals surface area (Å²) in [6.07, 6.45) is 5.03. The van der Waals surface area contributed by atoms with Gasteiger partial charge in [0, 0.05) is 19.8 Å². The highest BCUT2D eigenvalue weighted by molar-refractivity contribution is 4.89. The van der Waals surface area contributed by atoms with Crippen molar-refractivity contribution in [1.29, 1.82) is 0 Å². The summed E-state index contributed by atoms with van der Waals surface area (Å²) in [5, 5.41) is 9.43. The second-order valence-electron chi connectivity index (χ2n) is 5.09. The summed E-state index contributed by atoms with van der Waals surface area (Å²) in [6.45, 7) is 4.41. The van der Waals surface area contributed by atoms with Crippen LogP contribution in [-0.2, 0) is 9.47 Å². The molecule has 0 aliphatic carbocycles. The molecule has 2 aliphatic heterocycles. The first kappa shape index (κ1) is 11.4. The van der Waals surface area contributed by atoms with Crippen LogP contribution in [0.2, 0.25) is 0 Å². The van der Waals surface area contributed by atoms with Gasteiger partial charge in [0.05, 0.1) is 11.7 Å². The van der Waals surface area contributed by atoms with E-state index in [1.807, 2.05) is 6.92 Å². The predicted molar refractivity (Wildman–Crippen MR) is 57.8 cm³/mol. The molecule has 0 radical (unpaired) electrons. The quantitative estimate of drug-likeness (QED) is 0.761. The lowest BCUT2D eigenvalue weighted by molar-refractivity contribution is -0.149. The van der Waals surface area contributed by atoms with Crippen molar-refractivity contribution in [3.8, 4) is 0 Å². The van der Waals surface area contributed by atoms with Crippen LogP contribution in [0, 0.1) is 5.92 Å². The molecule has 2 saturated heterocycles. The van der Waals surface area contributed by atoms with Crippen LogP contribution in [0.1, 0.15) is 39.0 Å². The van der Waals surface area contributed by atoms with Gasteiger partial charge in [0.25, 0.3) is 0 Å². The number of ether oxygens (including phenoxy) is 2. The van der Waals surface area contributed by atoms with Gasteiger partial charge in [-0.2, -0.15) is 0 Å². The van der Waals surface area contributed by atoms with E-state index in [1.165, 1.54) is 0 Å². The molecule has 2 aliphatic rings. The van der Waals surface area contributed by atoms with Gasteiger partial charge in [-0.25, -0.2) is 0 Å². The minimum absolute atomic E-state index is 0.0794. The molecule has 3 nitrogen and oxygen atoms in total. The van der Waals surface area contributed by atoms with E-state index >= 15 is 0 Å². The molecule has 2 fully saturated rings. The molecular weight excluding hydrogens is 192 g/mol. The van der Waals surface area contributed by atoms with E-state index in [2.05, 4.69) is 0 Å². The summed E-state index contributed by atoms with van der Waals surface area (Å²) in [5.74, 6) is 0.636. The Bertz CT molecular complexity index is 192. The average molecular weight is 214 g/mol. The molecule has 0 aromatic heterocycles. The highest BCUT2D eigenvalue weighted by atomic mass is 16.5. The summed E-state index contributed by atoms with van der Waals surface area (Å²) in [7, 11) is 0. The van der Waals surface area contributed by atoms with E-state index in [9.17, 15) is 5.11 Å². The molecule has 0 saturated carbocycles. The third-order valence-electron chi connectivity index (χ3n) is 3.67. The van der Waals surface area contributed by atoms with Gasteiger partial charge in [-0.3, -0.25) is 0 Å². The first-order valence-electron chi connectivity index (χ1n) is 6.10. The van der Waals surface area contributed by atoms with Crippen molar-refractivity contribution in [2.24, 2.45) is 5.92 Å². The summed E-state index contributed by atoms with van der Waals surface area (Å²) in [4.78, 5) is 0. The van der Waals surface area contributed by atoms with Crippen molar-refractivity contribution >= 4 is 0 Å². The third-order valence-corrected chi connectivity index (χ3v) is 3.67. The van der Waals surface area contributed by atoms with Crippen LogP contribution < -0.4 is 0 Å². The van der Waals surface area contributed by atoms with Gasteiger partial charge in [0.2, 0.25) is 0 Å². The van der Waals surface area contributed by atoms with Crippen molar-refractivity contribution in [3.63, 3.8) is 0 Å². The lowest BCUT2D eigenvalue weighted by atomic mass is 9.79. The van der Waals surface area contributed by atoms with Gasteiger partial charge in [-0.05, 0) is 44.9 Å². The molecule has 1 spiro atoms. The molecule has 2 rings (SSSR count). The van der Waals surface area contributed by atoms with Crippen LogP contribution in [0.15, 0.2) is 0 Å². The minimum Gasteiger partial charge on any atom is -0.393 e. The van der Waals surface area contributed by atoms with Gasteiger partial charge >= 0.3 is 0 Å². The van der Waals surface area contributed by atoms with E-state index in [0.717, 1.165) is 51.9 Å². The molecular formula is C12H22O3. The van der Waals surface area contributed by atoms with Crippen LogP contribution in [0.25, 0.3) is 0 Å². The molecule has 0 bridgehead atoms. The Morgan fingerprint density at radius 3 is 2.73 bits per heavy atom. The zero-order valence-corrected chi connectivity index (χ0v) is 9.58. The monoisotopic (exact) mass is 214 g/mol. The first-order chi connectivity index (χ1) is 7.20. The van der Waals surface area contributed by atoms with E-state index in [-0.39, 0.29) is 11.7 Å². The highest BCUT2D eigenvalue weighted by Gasteiger charge is 2.38. The fourth-order valence-corrected chi connectivity index (χ4v) is 2.90. The summed E-state index contributed by atoms with van der Waals surface area (Å²) in [6, 6.07) is 0. The summed E-state index contributed by atoms with van der Waals surface area (Å²) >= 11 is 0. The van der Waals surface area contributed by atoms with Gasteiger partial charge in [0.15, 0.2) is 0 Å². The number of hydrogen-bond donors (Lipinski definition) is 1. The maximum atomic E-state index is 9.43. The number of aliphatic hydroxyl groups excluding tert-OH is 1. The van der Waals surface area contributed by atoms with Crippen LogP contribution in [0.3, 0.4) is 0 Å². The van der Waals surface area contributed by atoms with Crippen molar-refractivity contribution in [3.05, 3.63) is 0 Å². The molecule has 2 unspecified atom stereocenters. The Kier molecular flexibility index (Phi) is 3.65. The first-order valence-corrected chi connectivity index (χ1v) is 6.10. The minimum atomic E-state index is -0.176. The molecule has 0 amide bonds. The summed E-state index contributed by atoms with van der Waals surface area (Å²) in [5.41, 5.74) is 0.0794. The van der Waals surface area contributed by atoms with E-state index in [0.29, 0.717) is 5.92 Å². The van der Waals surface area contributed by atoms with Crippen molar-refractivity contribution in [2.45, 2.75) is 50.7 Å². The third kappa shape index (κ3) is 2.92. The average Bonchev–Trinajstić information content (AvgIpc) is 2.17. The standard InChI is InChI=1S/C12H22O3/c1-10(13)8-11-2-5-15-12(9-11)3-6-14-7-4-12/h10-11,13H,2-9H2,1H3. The second-order valence-corrected chi connectivity index (χ2v) is 5.09. The van der Waals surface area contributed by atoms with Crippen molar-refractivity contribution < 1.29 is 14.6 Å². The molecule has 0 aromatic rings. The van der Waals surface area contributed by atoms with E-state index in [4.69, 9.17) is 9.47 Å². The highest BCUT2D eigenvalue weighted by Crippen LogP contribution is 2.38. The fourth-order valence-electron chi connectivity index (χ4n) is 2.90. The largest absolute Gasteiger partial charge is 0.393 e. The maximum Gasteiger partial charge on any atom is 0.0729 e. The maximum absolute atomic E-state index is 9.43. The summed E-state index contributed by atoms with van der Waals surface area (Å²) < 4.78 is 11.3. The number of hydrogen-bond acceptors (Lipinski definition) is 3. The predicted octanol–water partition coefficient (Wildman–Crippen LogP) is 1.73. The van der Waals surface area contributed by atoms with E-state index in [1.54, 1.807) is 0 Å². The Morgan fingerprint density at radius 2 is 2.07 bits per heavy atom. The molecule has 88 valence electrons. The van der Waals surface area contributed by atoms with Gasteiger partial charge in [-0.1, -0.05) is 0 Å². The SMILES string of the molecule is CC(O)CC1CCOC2(CCOCC2)C1. The van der Waals surface area contributed by atoms with Crippen molar-refractivity contribution in [1.82, 2.24) is 0 Å². The van der Waals surface area contributed by atoms with Crippen LogP contribution in [-0.4, -0.2) is 36.6 Å². The molecule has 0 aromatic carbocycles. The normalized spacial score (nSPS) is 32.8. The Labute approximate surface area is 91.8 Å². The van der Waals surface area contributed by atoms with Gasteiger partial charge < -0.3 is 14.6 Å². The number of rotatable bonds is 2. The Hall–Kier alpha value is -0.120. The Morgan fingerprint density at radius 1 is 1.33 bits per heavy atom. The van der Waals surface area contributed by atoms with Gasteiger partial charge in [0.1, 0.15) is 0 Å². The molecule has 3 heteroatoms. The molecule has 1 N–H and O–H groups in total. The zero-order valence-electron chi connectivity index (χ0n) is 9.58. The zero-order chi connectivity index (χ0) is 10.7. The van der Waals surface area contributed by atoms with Crippen LogP contribution in [0.4, 0.5) is 0 Å². The Balaban J connectivity index is 1.90. The molecule has 2 heterocycles. The van der Waals surface area contributed by atoms with Crippen LogP contribution in [0.5, 0.6) is 0 Å². The molecule has 2 atom stereocenters. The smallest absolute Gasteiger partial charge is 0.0729 e. The van der Waals surface area contributed by atoms with Gasteiger partial charge in [-0.15, -0.1) is 0 Å². The fraction of sp³-hybridized carbons (Fsp3) is 1.00. The topological polar surface area (TPSA) is 38.7 Å². The second kappa shape index (κ2) is 4.81. The van der Waals surface area contributed by atoms with Crippen molar-refractivity contribution in [2.75, 3.05) is 19.8 Å².